The molecular weight excluding hydrogens is 508 g/mol. The predicted octanol–water partition coefficient (Wildman–Crippen LogP) is 0.0840. The molecule has 0 saturated heterocycles. The van der Waals surface area contributed by atoms with Crippen LogP contribution in [0.5, 0.6) is 0 Å². The van der Waals surface area contributed by atoms with E-state index in [4.69, 9.17) is 4.52 Å². The lowest BCUT2D eigenvalue weighted by molar-refractivity contribution is -0.134. The maximum absolute atomic E-state index is 13.0. The summed E-state index contributed by atoms with van der Waals surface area (Å²) in [5.41, 5.74) is -0.143. The molecule has 0 saturated carbocycles. The van der Waals surface area contributed by atoms with Gasteiger partial charge >= 0.3 is 0 Å². The van der Waals surface area contributed by atoms with E-state index in [9.17, 15) is 29.1 Å². The minimum Gasteiger partial charge on any atom is -0.391 e. The second-order valence-electron chi connectivity index (χ2n) is 10.7. The molecule has 218 valence electrons. The molecule has 1 aliphatic heterocycles. The maximum Gasteiger partial charge on any atom is 0.274 e. The van der Waals surface area contributed by atoms with Gasteiger partial charge in [0.15, 0.2) is 11.5 Å². The minimum atomic E-state index is -1.39. The van der Waals surface area contributed by atoms with E-state index >= 15 is 0 Å². The number of rotatable bonds is 6. The molecule has 39 heavy (non-hydrogen) atoms. The molecule has 0 fully saturated rings. The molecule has 0 aromatic carbocycles. The molecule has 0 radical (unpaired) electrons. The molecule has 2 bridgehead atoms. The topological polar surface area (TPSA) is 183 Å². The van der Waals surface area contributed by atoms with Gasteiger partial charge in [-0.15, -0.1) is 0 Å². The number of nitrogens with one attached hydrogen (secondary N) is 4. The second kappa shape index (κ2) is 14.6. The van der Waals surface area contributed by atoms with Crippen molar-refractivity contribution in [2.75, 3.05) is 13.1 Å². The third-order valence-corrected chi connectivity index (χ3v) is 6.39. The summed E-state index contributed by atoms with van der Waals surface area (Å²) in [5, 5.41) is 24.2. The smallest absolute Gasteiger partial charge is 0.274 e. The number of carbonyl (C=O) groups is 5. The summed E-state index contributed by atoms with van der Waals surface area (Å²) in [7, 11) is 0. The number of carbonyl (C=O) groups excluding carboxylic acids is 5. The molecule has 1 aromatic rings. The highest BCUT2D eigenvalue weighted by molar-refractivity contribution is 5.98. The first kappa shape index (κ1) is 31.7. The predicted molar refractivity (Wildman–Crippen MR) is 141 cm³/mol. The fourth-order valence-electron chi connectivity index (χ4n) is 4.02. The molecule has 0 aliphatic carbocycles. The summed E-state index contributed by atoms with van der Waals surface area (Å²) in [6, 6.07) is -2.00. The molecule has 2 rings (SSSR count). The van der Waals surface area contributed by atoms with Gasteiger partial charge in [-0.25, -0.2) is 0 Å². The van der Waals surface area contributed by atoms with Gasteiger partial charge in [-0.3, -0.25) is 24.0 Å². The van der Waals surface area contributed by atoms with E-state index in [0.29, 0.717) is 18.8 Å². The number of hydrogen-bond donors (Lipinski definition) is 5. The number of nitrogens with zero attached hydrogens (tertiary/aromatic N) is 2. The Morgan fingerprint density at radius 1 is 1.05 bits per heavy atom. The Morgan fingerprint density at radius 3 is 2.36 bits per heavy atom. The lowest BCUT2D eigenvalue weighted by atomic mass is 10.0. The van der Waals surface area contributed by atoms with Crippen LogP contribution in [-0.2, 0) is 25.7 Å². The van der Waals surface area contributed by atoms with E-state index < -0.39 is 47.9 Å². The quantitative estimate of drug-likeness (QED) is 0.330. The first-order valence-electron chi connectivity index (χ1n) is 13.4. The third kappa shape index (κ3) is 9.65. The minimum absolute atomic E-state index is 0.0127. The molecule has 1 aromatic heterocycles. The zero-order valence-electron chi connectivity index (χ0n) is 23.6. The molecule has 0 spiro atoms. The van der Waals surface area contributed by atoms with Crippen LogP contribution in [0.4, 0.5) is 0 Å². The van der Waals surface area contributed by atoms with Crippen molar-refractivity contribution in [3.05, 3.63) is 17.5 Å². The number of aliphatic hydroxyl groups excluding tert-OH is 1. The summed E-state index contributed by atoms with van der Waals surface area (Å²) in [4.78, 5) is 65.9. The van der Waals surface area contributed by atoms with Crippen LogP contribution in [0.15, 0.2) is 10.6 Å². The Morgan fingerprint density at radius 2 is 1.74 bits per heavy atom. The van der Waals surface area contributed by atoms with Crippen molar-refractivity contribution >= 4 is 29.5 Å². The zero-order valence-corrected chi connectivity index (χ0v) is 23.6. The average Bonchev–Trinajstić information content (AvgIpc) is 3.32. The number of aromatic nitrogens is 1. The first-order valence-corrected chi connectivity index (χ1v) is 13.4. The lowest BCUT2D eigenvalue weighted by Crippen LogP contribution is -2.58. The highest BCUT2D eigenvalue weighted by atomic mass is 16.5. The van der Waals surface area contributed by atoms with Crippen molar-refractivity contribution in [1.82, 2.24) is 31.3 Å². The summed E-state index contributed by atoms with van der Waals surface area (Å²) in [6.07, 6.45) is 0.594. The van der Waals surface area contributed by atoms with Crippen molar-refractivity contribution in [1.29, 1.82) is 0 Å². The zero-order chi connectivity index (χ0) is 29.3. The van der Waals surface area contributed by atoms with Gasteiger partial charge in [0.1, 0.15) is 18.1 Å². The van der Waals surface area contributed by atoms with Crippen LogP contribution < -0.4 is 21.3 Å². The van der Waals surface area contributed by atoms with Gasteiger partial charge in [0.25, 0.3) is 5.91 Å². The molecule has 13 nitrogen and oxygen atoms in total. The molecule has 13 heteroatoms. The van der Waals surface area contributed by atoms with Crippen molar-refractivity contribution in [3.8, 4) is 0 Å². The van der Waals surface area contributed by atoms with Gasteiger partial charge in [-0.05, 0) is 32.1 Å². The molecule has 0 unspecified atom stereocenters. The Labute approximate surface area is 228 Å². The Bertz CT molecular complexity index is 1020. The van der Waals surface area contributed by atoms with Gasteiger partial charge < -0.3 is 35.8 Å². The van der Waals surface area contributed by atoms with Crippen LogP contribution in [0.3, 0.4) is 0 Å². The molecule has 5 N–H and O–H groups in total. The number of aliphatic hydroxyl groups is 1. The Balaban J connectivity index is 2.35. The monoisotopic (exact) mass is 550 g/mol. The average molecular weight is 551 g/mol. The Hall–Kier alpha value is -3.48. The van der Waals surface area contributed by atoms with Crippen LogP contribution in [0.2, 0.25) is 0 Å². The summed E-state index contributed by atoms with van der Waals surface area (Å²) in [6.45, 7) is 10.7. The SMILES string of the molecule is CC(C)CCCC(=O)N1CCNC(=O)[C@H](C(C)C)NC(=O)[C@H](C)NC(=O)[C@H]([C@@H](C)O)NC(=O)c2cc(on2)C1. The van der Waals surface area contributed by atoms with Gasteiger partial charge in [0, 0.05) is 25.6 Å². The maximum atomic E-state index is 13.0. The molecule has 1 aliphatic rings. The van der Waals surface area contributed by atoms with Crippen molar-refractivity contribution in [2.45, 2.75) is 91.6 Å². The van der Waals surface area contributed by atoms with Crippen molar-refractivity contribution in [3.63, 3.8) is 0 Å². The van der Waals surface area contributed by atoms with Crippen LogP contribution in [0.1, 0.15) is 77.1 Å². The van der Waals surface area contributed by atoms with Crippen LogP contribution in [0, 0.1) is 11.8 Å². The first-order chi connectivity index (χ1) is 18.3. The second-order valence-corrected chi connectivity index (χ2v) is 10.7. The molecule has 4 atom stereocenters. The summed E-state index contributed by atoms with van der Waals surface area (Å²) < 4.78 is 5.29. The van der Waals surface area contributed by atoms with E-state index in [1.165, 1.54) is 24.8 Å². The molecular formula is C26H42N6O7. The van der Waals surface area contributed by atoms with E-state index in [0.717, 1.165) is 6.42 Å². The highest BCUT2D eigenvalue weighted by Gasteiger charge is 2.32. The largest absolute Gasteiger partial charge is 0.391 e. The van der Waals surface area contributed by atoms with Gasteiger partial charge in [0.05, 0.1) is 12.6 Å². The number of fused-ring (bicyclic) bond motifs is 2. The normalized spacial score (nSPS) is 22.9. The van der Waals surface area contributed by atoms with E-state index in [1.54, 1.807) is 13.8 Å². The summed E-state index contributed by atoms with van der Waals surface area (Å²) >= 11 is 0. The van der Waals surface area contributed by atoms with Gasteiger partial charge in [-0.1, -0.05) is 39.3 Å². The highest BCUT2D eigenvalue weighted by Crippen LogP contribution is 2.13. The van der Waals surface area contributed by atoms with Crippen LogP contribution in [0.25, 0.3) is 0 Å². The number of hydrogen-bond acceptors (Lipinski definition) is 8. The lowest BCUT2D eigenvalue weighted by Gasteiger charge is -2.26. The third-order valence-electron chi connectivity index (χ3n) is 6.39. The van der Waals surface area contributed by atoms with Crippen LogP contribution in [-0.4, -0.2) is 82.0 Å². The van der Waals surface area contributed by atoms with Crippen molar-refractivity contribution < 1.29 is 33.6 Å². The van der Waals surface area contributed by atoms with Crippen molar-refractivity contribution in [2.24, 2.45) is 11.8 Å². The fraction of sp³-hybridized carbons (Fsp3) is 0.692. The van der Waals surface area contributed by atoms with Gasteiger partial charge in [-0.2, -0.15) is 0 Å². The van der Waals surface area contributed by atoms with Gasteiger partial charge in [0.2, 0.25) is 23.6 Å². The Kier molecular flexibility index (Phi) is 11.9. The van der Waals surface area contributed by atoms with E-state index in [2.05, 4.69) is 40.3 Å². The number of amides is 5. The fourth-order valence-corrected chi connectivity index (χ4v) is 4.02. The standard InChI is InChI=1S/C26H42N6O7/c1-14(2)8-7-9-20(34)32-11-10-27-25(37)21(15(3)4)29-23(35)16(5)28-26(38)22(17(6)33)30-24(36)19-12-18(13-32)39-31-19/h12,14-17,21-22,33H,7-11,13H2,1-6H3,(H,27,37)(H,28,38)(H,29,35)(H,30,36)/t16-,17+,21-,22-/m0/s1. The molecule has 5 amide bonds. The van der Waals surface area contributed by atoms with E-state index in [1.807, 2.05) is 0 Å². The van der Waals surface area contributed by atoms with E-state index in [-0.39, 0.29) is 42.9 Å². The summed E-state index contributed by atoms with van der Waals surface area (Å²) in [5.74, 6) is -2.34. The molecule has 2 heterocycles. The van der Waals surface area contributed by atoms with Crippen LogP contribution >= 0.6 is 0 Å².